The number of hydrogen-bond donors (Lipinski definition) is 1. The first kappa shape index (κ1) is 12.5. The summed E-state index contributed by atoms with van der Waals surface area (Å²) in [7, 11) is 0. The lowest BCUT2D eigenvalue weighted by molar-refractivity contribution is 0.612. The van der Waals surface area contributed by atoms with Crippen LogP contribution in [-0.4, -0.2) is 9.55 Å². The zero-order valence-electron chi connectivity index (χ0n) is 10.1. The van der Waals surface area contributed by atoms with Gasteiger partial charge in [-0.2, -0.15) is 5.26 Å². The molecule has 2 rings (SSSR count). The molecule has 0 aliphatic heterocycles. The lowest BCUT2D eigenvalue weighted by Gasteiger charge is -2.11. The molecule has 0 unspecified atom stereocenters. The predicted octanol–water partition coefficient (Wildman–Crippen LogP) is 3.67. The highest BCUT2D eigenvalue weighted by Crippen LogP contribution is 2.22. The van der Waals surface area contributed by atoms with E-state index in [4.69, 9.17) is 17.5 Å². The summed E-state index contributed by atoms with van der Waals surface area (Å²) in [5.74, 6) is -0.236. The van der Waals surface area contributed by atoms with E-state index in [-0.39, 0.29) is 5.92 Å². The molecule has 0 aliphatic carbocycles. The molecule has 2 aromatic rings. The molecule has 0 fully saturated rings. The Morgan fingerprint density at radius 3 is 2.72 bits per heavy atom. The number of nitrogens with zero attached hydrogens (tertiary/aromatic N) is 2. The van der Waals surface area contributed by atoms with Crippen LogP contribution in [0.1, 0.15) is 31.0 Å². The van der Waals surface area contributed by atoms with Crippen molar-refractivity contribution in [2.24, 2.45) is 0 Å². The smallest absolute Gasteiger partial charge is 0.182 e. The average Bonchev–Trinajstić information content (AvgIpc) is 2.71. The maximum Gasteiger partial charge on any atom is 0.182 e. The van der Waals surface area contributed by atoms with Gasteiger partial charge in [0.05, 0.1) is 17.3 Å². The van der Waals surface area contributed by atoms with E-state index < -0.39 is 5.82 Å². The minimum Gasteiger partial charge on any atom is -0.337 e. The highest BCUT2D eigenvalue weighted by Gasteiger charge is 2.13. The minimum absolute atomic E-state index is 0.216. The topological polar surface area (TPSA) is 44.5 Å². The molecule has 1 N–H and O–H groups in total. The molecule has 18 heavy (non-hydrogen) atoms. The van der Waals surface area contributed by atoms with Gasteiger partial charge in [-0.15, -0.1) is 0 Å². The standard InChI is InChI=1S/C13H12FN3S/c1-8(2)12-7-16-13(18)17(12)11-4-3-9(6-15)5-10(11)14/h3-5,7-8H,1-2H3,(H,16,18). The maximum atomic E-state index is 14.0. The van der Waals surface area contributed by atoms with Gasteiger partial charge in [0.25, 0.3) is 0 Å². The van der Waals surface area contributed by atoms with Crippen molar-refractivity contribution in [1.82, 2.24) is 9.55 Å². The molecule has 0 radical (unpaired) electrons. The van der Waals surface area contributed by atoms with Crippen LogP contribution in [-0.2, 0) is 0 Å². The van der Waals surface area contributed by atoms with Crippen molar-refractivity contribution in [3.05, 3.63) is 46.2 Å². The van der Waals surface area contributed by atoms with E-state index in [9.17, 15) is 4.39 Å². The fourth-order valence-corrected chi connectivity index (χ4v) is 2.08. The van der Waals surface area contributed by atoms with Gasteiger partial charge in [0, 0.05) is 11.9 Å². The zero-order chi connectivity index (χ0) is 13.3. The molecule has 0 atom stereocenters. The van der Waals surface area contributed by atoms with Gasteiger partial charge in [-0.25, -0.2) is 4.39 Å². The molecule has 3 nitrogen and oxygen atoms in total. The molecule has 0 saturated carbocycles. The minimum atomic E-state index is -0.452. The van der Waals surface area contributed by atoms with Crippen LogP contribution in [0.25, 0.3) is 5.69 Å². The Hall–Kier alpha value is -1.93. The summed E-state index contributed by atoms with van der Waals surface area (Å²) in [6.45, 7) is 4.02. The zero-order valence-corrected chi connectivity index (χ0v) is 10.9. The van der Waals surface area contributed by atoms with Crippen LogP contribution >= 0.6 is 12.2 Å². The fourth-order valence-electron chi connectivity index (χ4n) is 1.81. The van der Waals surface area contributed by atoms with Crippen LogP contribution in [0, 0.1) is 21.9 Å². The largest absolute Gasteiger partial charge is 0.337 e. The van der Waals surface area contributed by atoms with Crippen molar-refractivity contribution in [3.8, 4) is 11.8 Å². The number of halogens is 1. The molecule has 0 spiro atoms. The average molecular weight is 261 g/mol. The van der Waals surface area contributed by atoms with Gasteiger partial charge in [-0.3, -0.25) is 4.57 Å². The van der Waals surface area contributed by atoms with E-state index in [1.165, 1.54) is 6.07 Å². The second kappa shape index (κ2) is 4.75. The van der Waals surface area contributed by atoms with Gasteiger partial charge >= 0.3 is 0 Å². The number of aromatic amines is 1. The number of imidazole rings is 1. The van der Waals surface area contributed by atoms with Crippen molar-refractivity contribution in [2.75, 3.05) is 0 Å². The summed E-state index contributed by atoms with van der Waals surface area (Å²) < 4.78 is 16.1. The molecule has 1 aromatic heterocycles. The third-order valence-electron chi connectivity index (χ3n) is 2.71. The molecular formula is C13H12FN3S. The fraction of sp³-hybridized carbons (Fsp3) is 0.231. The number of aromatic nitrogens is 2. The van der Waals surface area contributed by atoms with Gasteiger partial charge in [0.1, 0.15) is 5.82 Å². The summed E-state index contributed by atoms with van der Waals surface area (Å²) in [4.78, 5) is 2.92. The van der Waals surface area contributed by atoms with Crippen LogP contribution < -0.4 is 0 Å². The van der Waals surface area contributed by atoms with Gasteiger partial charge in [0.2, 0.25) is 0 Å². The molecule has 0 bridgehead atoms. The van der Waals surface area contributed by atoms with Gasteiger partial charge in [0.15, 0.2) is 4.77 Å². The van der Waals surface area contributed by atoms with Gasteiger partial charge in [-0.1, -0.05) is 13.8 Å². The number of hydrogen-bond acceptors (Lipinski definition) is 2. The van der Waals surface area contributed by atoms with Crippen LogP contribution in [0.15, 0.2) is 24.4 Å². The van der Waals surface area contributed by atoms with E-state index in [0.29, 0.717) is 16.0 Å². The van der Waals surface area contributed by atoms with Gasteiger partial charge in [-0.05, 0) is 36.3 Å². The maximum absolute atomic E-state index is 14.0. The molecule has 5 heteroatoms. The highest BCUT2D eigenvalue weighted by atomic mass is 32.1. The lowest BCUT2D eigenvalue weighted by Crippen LogP contribution is -2.04. The Morgan fingerprint density at radius 1 is 1.44 bits per heavy atom. The summed E-state index contributed by atoms with van der Waals surface area (Å²) in [5.41, 5.74) is 1.57. The molecule has 0 saturated heterocycles. The number of H-pyrrole nitrogens is 1. The molecule has 1 heterocycles. The molecule has 0 aliphatic rings. The number of benzene rings is 1. The number of nitrogens with one attached hydrogen (secondary N) is 1. The van der Waals surface area contributed by atoms with Crippen molar-refractivity contribution in [2.45, 2.75) is 19.8 Å². The highest BCUT2D eigenvalue weighted by molar-refractivity contribution is 7.71. The third kappa shape index (κ3) is 2.07. The van der Waals surface area contributed by atoms with E-state index >= 15 is 0 Å². The Labute approximate surface area is 110 Å². The number of nitriles is 1. The Balaban J connectivity index is 2.67. The first-order valence-corrected chi connectivity index (χ1v) is 5.95. The van der Waals surface area contributed by atoms with Crippen LogP contribution in [0.2, 0.25) is 0 Å². The summed E-state index contributed by atoms with van der Waals surface area (Å²) in [6.07, 6.45) is 1.78. The first-order valence-electron chi connectivity index (χ1n) is 5.55. The second-order valence-electron chi connectivity index (χ2n) is 4.29. The summed E-state index contributed by atoms with van der Waals surface area (Å²) in [6, 6.07) is 6.28. The molecule has 92 valence electrons. The predicted molar refractivity (Wildman–Crippen MR) is 69.7 cm³/mol. The number of rotatable bonds is 2. The third-order valence-corrected chi connectivity index (χ3v) is 3.01. The first-order chi connectivity index (χ1) is 8.54. The lowest BCUT2D eigenvalue weighted by atomic mass is 10.1. The van der Waals surface area contributed by atoms with Crippen molar-refractivity contribution < 1.29 is 4.39 Å². The molecule has 1 aromatic carbocycles. The van der Waals surface area contributed by atoms with Crippen LogP contribution in [0.4, 0.5) is 4.39 Å². The van der Waals surface area contributed by atoms with Crippen molar-refractivity contribution >= 4 is 12.2 Å². The van der Waals surface area contributed by atoms with Gasteiger partial charge < -0.3 is 4.98 Å². The SMILES string of the molecule is CC(C)c1c[nH]c(=S)n1-c1ccc(C#N)cc1F. The van der Waals surface area contributed by atoms with E-state index in [1.807, 2.05) is 19.9 Å². The molecule has 0 amide bonds. The summed E-state index contributed by atoms with van der Waals surface area (Å²) in [5, 5.41) is 8.73. The normalized spacial score (nSPS) is 10.6. The van der Waals surface area contributed by atoms with Crippen LogP contribution in [0.5, 0.6) is 0 Å². The Morgan fingerprint density at radius 2 is 2.17 bits per heavy atom. The van der Waals surface area contributed by atoms with Crippen molar-refractivity contribution in [1.29, 1.82) is 5.26 Å². The Kier molecular flexibility index (Phi) is 3.30. The molecular weight excluding hydrogens is 249 g/mol. The van der Waals surface area contributed by atoms with E-state index in [1.54, 1.807) is 22.9 Å². The second-order valence-corrected chi connectivity index (χ2v) is 4.67. The van der Waals surface area contributed by atoms with Crippen LogP contribution in [0.3, 0.4) is 0 Å². The van der Waals surface area contributed by atoms with E-state index in [0.717, 1.165) is 5.69 Å². The quantitative estimate of drug-likeness (QED) is 0.838. The van der Waals surface area contributed by atoms with E-state index in [2.05, 4.69) is 4.98 Å². The monoisotopic (exact) mass is 261 g/mol. The summed E-state index contributed by atoms with van der Waals surface area (Å²) >= 11 is 5.17. The Bertz CT molecular complexity index is 676. The van der Waals surface area contributed by atoms with Crippen molar-refractivity contribution in [3.63, 3.8) is 0 Å².